The van der Waals surface area contributed by atoms with Gasteiger partial charge < -0.3 is 5.32 Å². The third kappa shape index (κ3) is 2.09. The first-order valence-electron chi connectivity index (χ1n) is 4.12. The predicted molar refractivity (Wildman–Crippen MR) is 46.5 cm³/mol. The van der Waals surface area contributed by atoms with E-state index in [-0.39, 0.29) is 18.4 Å². The smallest absolute Gasteiger partial charge is 0.219 e. The zero-order valence-corrected chi connectivity index (χ0v) is 7.98. The average molecular weight is 183 g/mol. The number of nitrogens with zero attached hydrogens (tertiary/aromatic N) is 4. The molecular formula is C7H13N5O. The van der Waals surface area contributed by atoms with Gasteiger partial charge in [0.1, 0.15) is 0 Å². The van der Waals surface area contributed by atoms with Crippen molar-refractivity contribution in [3.63, 3.8) is 0 Å². The van der Waals surface area contributed by atoms with Gasteiger partial charge >= 0.3 is 0 Å². The van der Waals surface area contributed by atoms with Gasteiger partial charge in [0.05, 0.1) is 12.6 Å². The number of likely N-dealkylation sites (N-methyl/N-ethyl adjacent to an activating group) is 1. The molecule has 0 amide bonds. The van der Waals surface area contributed by atoms with Crippen LogP contribution in [0.25, 0.3) is 0 Å². The predicted octanol–water partition coefficient (Wildman–Crippen LogP) is -0.344. The van der Waals surface area contributed by atoms with E-state index in [4.69, 9.17) is 0 Å². The van der Waals surface area contributed by atoms with Crippen molar-refractivity contribution in [3.8, 4) is 0 Å². The van der Waals surface area contributed by atoms with E-state index >= 15 is 0 Å². The molecule has 0 unspecified atom stereocenters. The van der Waals surface area contributed by atoms with E-state index in [2.05, 4.69) is 20.8 Å². The van der Waals surface area contributed by atoms with Crippen LogP contribution in [0.2, 0.25) is 0 Å². The molecule has 0 atom stereocenters. The summed E-state index contributed by atoms with van der Waals surface area (Å²) in [4.78, 5) is 11.4. The SMILES string of the molecule is CNCC(=O)c1nnnn1C(C)C. The van der Waals surface area contributed by atoms with E-state index in [1.807, 2.05) is 13.8 Å². The maximum absolute atomic E-state index is 11.4. The average Bonchev–Trinajstić information content (AvgIpc) is 2.52. The van der Waals surface area contributed by atoms with Gasteiger partial charge in [0.25, 0.3) is 0 Å². The summed E-state index contributed by atoms with van der Waals surface area (Å²) in [5.41, 5.74) is 0. The minimum Gasteiger partial charge on any atom is -0.313 e. The minimum atomic E-state index is -0.0961. The summed E-state index contributed by atoms with van der Waals surface area (Å²) in [6.45, 7) is 4.10. The Bertz CT molecular complexity index is 293. The first-order valence-corrected chi connectivity index (χ1v) is 4.12. The second kappa shape index (κ2) is 4.08. The maximum atomic E-state index is 11.4. The summed E-state index contributed by atoms with van der Waals surface area (Å²) in [5, 5.41) is 13.6. The molecule has 0 radical (unpaired) electrons. The number of rotatable bonds is 4. The van der Waals surface area contributed by atoms with Crippen molar-refractivity contribution < 1.29 is 4.79 Å². The fourth-order valence-corrected chi connectivity index (χ4v) is 0.965. The minimum absolute atomic E-state index is 0.0961. The highest BCUT2D eigenvalue weighted by Crippen LogP contribution is 2.03. The van der Waals surface area contributed by atoms with Gasteiger partial charge in [-0.1, -0.05) is 0 Å². The van der Waals surface area contributed by atoms with Gasteiger partial charge in [0.15, 0.2) is 0 Å². The third-order valence-electron chi connectivity index (χ3n) is 1.57. The van der Waals surface area contributed by atoms with Gasteiger partial charge in [0, 0.05) is 0 Å². The molecule has 0 spiro atoms. The summed E-state index contributed by atoms with van der Waals surface area (Å²) in [7, 11) is 1.71. The van der Waals surface area contributed by atoms with Gasteiger partial charge in [0.2, 0.25) is 11.6 Å². The van der Waals surface area contributed by atoms with Crippen LogP contribution in [-0.4, -0.2) is 39.6 Å². The van der Waals surface area contributed by atoms with Gasteiger partial charge in [-0.3, -0.25) is 4.79 Å². The number of hydrogen-bond donors (Lipinski definition) is 1. The first-order chi connectivity index (χ1) is 6.16. The molecule has 0 aliphatic rings. The van der Waals surface area contributed by atoms with Crippen molar-refractivity contribution in [2.75, 3.05) is 13.6 Å². The normalized spacial score (nSPS) is 10.8. The lowest BCUT2D eigenvalue weighted by atomic mass is 10.3. The molecule has 1 rings (SSSR count). The number of carbonyl (C=O) groups is 1. The number of ketones is 1. The maximum Gasteiger partial charge on any atom is 0.219 e. The largest absolute Gasteiger partial charge is 0.313 e. The highest BCUT2D eigenvalue weighted by atomic mass is 16.1. The van der Waals surface area contributed by atoms with Crippen LogP contribution < -0.4 is 5.32 Å². The Balaban J connectivity index is 2.87. The molecule has 0 aromatic carbocycles. The molecule has 13 heavy (non-hydrogen) atoms. The van der Waals surface area contributed by atoms with Crippen LogP contribution in [-0.2, 0) is 0 Å². The van der Waals surface area contributed by atoms with Crippen molar-refractivity contribution in [1.82, 2.24) is 25.5 Å². The fraction of sp³-hybridized carbons (Fsp3) is 0.714. The number of nitrogens with one attached hydrogen (secondary N) is 1. The first kappa shape index (κ1) is 9.79. The number of aromatic nitrogens is 4. The van der Waals surface area contributed by atoms with Crippen LogP contribution in [0.4, 0.5) is 0 Å². The van der Waals surface area contributed by atoms with Crippen LogP contribution in [0, 0.1) is 0 Å². The number of hydrogen-bond acceptors (Lipinski definition) is 5. The summed E-state index contributed by atoms with van der Waals surface area (Å²) in [5.74, 6) is 0.213. The van der Waals surface area contributed by atoms with E-state index in [1.54, 1.807) is 7.05 Å². The number of tetrazole rings is 1. The molecule has 6 heteroatoms. The lowest BCUT2D eigenvalue weighted by Crippen LogP contribution is -2.23. The van der Waals surface area contributed by atoms with Gasteiger partial charge in [-0.25, -0.2) is 4.68 Å². The highest BCUT2D eigenvalue weighted by Gasteiger charge is 2.15. The van der Waals surface area contributed by atoms with E-state index in [0.717, 1.165) is 0 Å². The standard InChI is InChI=1S/C7H13N5O/c1-5(2)12-7(9-10-11-12)6(13)4-8-3/h5,8H,4H2,1-3H3. The molecule has 1 aromatic rings. The molecule has 0 fully saturated rings. The Kier molecular flexibility index (Phi) is 3.07. The monoisotopic (exact) mass is 183 g/mol. The van der Waals surface area contributed by atoms with Crippen molar-refractivity contribution in [2.45, 2.75) is 19.9 Å². The molecule has 0 saturated carbocycles. The lowest BCUT2D eigenvalue weighted by Gasteiger charge is -2.05. The van der Waals surface area contributed by atoms with Crippen LogP contribution in [0.15, 0.2) is 0 Å². The van der Waals surface area contributed by atoms with Crippen LogP contribution in [0.3, 0.4) is 0 Å². The molecule has 0 aliphatic heterocycles. The molecular weight excluding hydrogens is 170 g/mol. The second-order valence-electron chi connectivity index (χ2n) is 2.99. The number of Topliss-reactive ketones (excluding diaryl/α,β-unsaturated/α-hetero) is 1. The Morgan fingerprint density at radius 1 is 1.62 bits per heavy atom. The zero-order chi connectivity index (χ0) is 9.84. The molecule has 1 N–H and O–H groups in total. The van der Waals surface area contributed by atoms with E-state index < -0.39 is 0 Å². The Morgan fingerprint density at radius 2 is 2.31 bits per heavy atom. The van der Waals surface area contributed by atoms with Crippen LogP contribution in [0.5, 0.6) is 0 Å². The summed E-state index contributed by atoms with van der Waals surface area (Å²) < 4.78 is 1.51. The van der Waals surface area contributed by atoms with Crippen molar-refractivity contribution in [1.29, 1.82) is 0 Å². The highest BCUT2D eigenvalue weighted by molar-refractivity contribution is 5.94. The van der Waals surface area contributed by atoms with Crippen molar-refractivity contribution >= 4 is 5.78 Å². The molecule has 1 aromatic heterocycles. The van der Waals surface area contributed by atoms with Crippen molar-refractivity contribution in [2.24, 2.45) is 0 Å². The van der Waals surface area contributed by atoms with E-state index in [9.17, 15) is 4.79 Å². The molecule has 72 valence electrons. The second-order valence-corrected chi connectivity index (χ2v) is 2.99. The van der Waals surface area contributed by atoms with E-state index in [0.29, 0.717) is 5.82 Å². The molecule has 0 aliphatic carbocycles. The fourth-order valence-electron chi connectivity index (χ4n) is 0.965. The third-order valence-corrected chi connectivity index (χ3v) is 1.57. The van der Waals surface area contributed by atoms with Gasteiger partial charge in [-0.05, 0) is 31.3 Å². The molecule has 1 heterocycles. The Morgan fingerprint density at radius 3 is 2.85 bits per heavy atom. The quantitative estimate of drug-likeness (QED) is 0.646. The van der Waals surface area contributed by atoms with E-state index in [1.165, 1.54) is 4.68 Å². The van der Waals surface area contributed by atoms with Gasteiger partial charge in [-0.2, -0.15) is 0 Å². The molecule has 0 saturated heterocycles. The number of carbonyl (C=O) groups excluding carboxylic acids is 1. The zero-order valence-electron chi connectivity index (χ0n) is 7.98. The van der Waals surface area contributed by atoms with Crippen LogP contribution in [0.1, 0.15) is 30.5 Å². The summed E-state index contributed by atoms with van der Waals surface area (Å²) in [6.07, 6.45) is 0. The van der Waals surface area contributed by atoms with Crippen molar-refractivity contribution in [3.05, 3.63) is 5.82 Å². The molecule has 0 bridgehead atoms. The molecule has 6 nitrogen and oxygen atoms in total. The topological polar surface area (TPSA) is 72.7 Å². The Labute approximate surface area is 76.3 Å². The van der Waals surface area contributed by atoms with Gasteiger partial charge in [-0.15, -0.1) is 5.10 Å². The summed E-state index contributed by atoms with van der Waals surface area (Å²) in [6, 6.07) is 0.103. The van der Waals surface area contributed by atoms with Crippen LogP contribution >= 0.6 is 0 Å². The lowest BCUT2D eigenvalue weighted by molar-refractivity contribution is 0.0976. The summed E-state index contributed by atoms with van der Waals surface area (Å²) >= 11 is 0. The Hall–Kier alpha value is -1.30.